The van der Waals surface area contributed by atoms with Crippen LogP contribution in [0.3, 0.4) is 0 Å². The number of amides is 1. The van der Waals surface area contributed by atoms with Crippen LogP contribution in [0.1, 0.15) is 11.1 Å². The van der Waals surface area contributed by atoms with E-state index in [-0.39, 0.29) is 17.2 Å². The molecule has 0 saturated carbocycles. The smallest absolute Gasteiger partial charge is 0.222 e. The summed E-state index contributed by atoms with van der Waals surface area (Å²) in [6, 6.07) is 20.6. The predicted molar refractivity (Wildman–Crippen MR) is 83.8 cm³/mol. The number of hydrogen-bond donors (Lipinski definition) is 2. The maximum Gasteiger partial charge on any atom is 0.222 e. The van der Waals surface area contributed by atoms with Crippen LogP contribution in [0.2, 0.25) is 0 Å². The van der Waals surface area contributed by atoms with E-state index in [0.717, 1.165) is 13.0 Å². The van der Waals surface area contributed by atoms with E-state index < -0.39 is 0 Å². The Morgan fingerprint density at radius 3 is 2.33 bits per heavy atom. The highest BCUT2D eigenvalue weighted by Crippen LogP contribution is 2.38. The van der Waals surface area contributed by atoms with Gasteiger partial charge in [0.05, 0.1) is 5.92 Å². The molecule has 21 heavy (non-hydrogen) atoms. The molecule has 1 saturated heterocycles. The first-order valence-electron chi connectivity index (χ1n) is 7.32. The summed E-state index contributed by atoms with van der Waals surface area (Å²) in [7, 11) is 0. The minimum atomic E-state index is -0.256. The summed E-state index contributed by atoms with van der Waals surface area (Å²) in [6.45, 7) is 1.43. The molecule has 1 heterocycles. The van der Waals surface area contributed by atoms with Gasteiger partial charge < -0.3 is 11.1 Å². The molecule has 0 aromatic heterocycles. The first-order valence-corrected chi connectivity index (χ1v) is 7.32. The van der Waals surface area contributed by atoms with E-state index in [2.05, 4.69) is 29.6 Å². The predicted octanol–water partition coefficient (Wildman–Crippen LogP) is 1.87. The zero-order chi connectivity index (χ0) is 14.7. The van der Waals surface area contributed by atoms with Crippen LogP contribution in [0.4, 0.5) is 0 Å². The second kappa shape index (κ2) is 5.70. The third-order valence-electron chi connectivity index (χ3n) is 4.51. The quantitative estimate of drug-likeness (QED) is 0.898. The Balaban J connectivity index is 2.05. The lowest BCUT2D eigenvalue weighted by Crippen LogP contribution is -2.43. The molecule has 3 rings (SSSR count). The highest BCUT2D eigenvalue weighted by molar-refractivity contribution is 5.79. The van der Waals surface area contributed by atoms with Crippen molar-refractivity contribution in [3.8, 4) is 0 Å². The van der Waals surface area contributed by atoms with E-state index in [1.54, 1.807) is 0 Å². The first-order chi connectivity index (χ1) is 10.2. The van der Waals surface area contributed by atoms with Crippen LogP contribution in [-0.4, -0.2) is 19.0 Å². The Kier molecular flexibility index (Phi) is 3.76. The van der Waals surface area contributed by atoms with Crippen molar-refractivity contribution in [3.63, 3.8) is 0 Å². The lowest BCUT2D eigenvalue weighted by atomic mass is 9.68. The monoisotopic (exact) mass is 280 g/mol. The molecule has 0 aliphatic carbocycles. The molecule has 0 bridgehead atoms. The SMILES string of the molecule is NC(=O)C1CNCC1(Cc1ccccc1)c1ccccc1. The van der Waals surface area contributed by atoms with Gasteiger partial charge in [0.15, 0.2) is 0 Å². The molecule has 2 aromatic rings. The maximum absolute atomic E-state index is 12.0. The minimum absolute atomic E-state index is 0.180. The lowest BCUT2D eigenvalue weighted by Gasteiger charge is -2.34. The molecule has 2 aromatic carbocycles. The topological polar surface area (TPSA) is 55.1 Å². The zero-order valence-electron chi connectivity index (χ0n) is 12.0. The van der Waals surface area contributed by atoms with E-state index >= 15 is 0 Å². The number of primary amides is 1. The second-order valence-corrected chi connectivity index (χ2v) is 5.77. The summed E-state index contributed by atoms with van der Waals surface area (Å²) in [4.78, 5) is 12.0. The van der Waals surface area contributed by atoms with Crippen molar-refractivity contribution in [2.45, 2.75) is 11.8 Å². The Morgan fingerprint density at radius 2 is 1.71 bits per heavy atom. The van der Waals surface area contributed by atoms with E-state index in [0.29, 0.717) is 6.54 Å². The third kappa shape index (κ3) is 2.57. The van der Waals surface area contributed by atoms with Crippen molar-refractivity contribution in [1.82, 2.24) is 5.32 Å². The van der Waals surface area contributed by atoms with Gasteiger partial charge in [-0.15, -0.1) is 0 Å². The molecule has 3 heteroatoms. The van der Waals surface area contributed by atoms with Crippen molar-refractivity contribution in [1.29, 1.82) is 0 Å². The van der Waals surface area contributed by atoms with Gasteiger partial charge in [0, 0.05) is 18.5 Å². The van der Waals surface area contributed by atoms with Gasteiger partial charge >= 0.3 is 0 Å². The Hall–Kier alpha value is -2.13. The van der Waals surface area contributed by atoms with Crippen LogP contribution >= 0.6 is 0 Å². The third-order valence-corrected chi connectivity index (χ3v) is 4.51. The molecule has 2 atom stereocenters. The van der Waals surface area contributed by atoms with Gasteiger partial charge in [-0.2, -0.15) is 0 Å². The van der Waals surface area contributed by atoms with Gasteiger partial charge in [-0.25, -0.2) is 0 Å². The van der Waals surface area contributed by atoms with Gasteiger partial charge in [0.1, 0.15) is 0 Å². The first kappa shape index (κ1) is 13.8. The normalized spacial score (nSPS) is 24.9. The molecule has 1 aliphatic heterocycles. The summed E-state index contributed by atoms with van der Waals surface area (Å²) in [5.41, 5.74) is 7.85. The van der Waals surface area contributed by atoms with Crippen LogP contribution < -0.4 is 11.1 Å². The Bertz CT molecular complexity index is 612. The Morgan fingerprint density at radius 1 is 1.10 bits per heavy atom. The standard InChI is InChI=1S/C18H20N2O/c19-17(21)16-12-20-13-18(16,15-9-5-2-6-10-15)11-14-7-3-1-4-8-14/h1-10,16,20H,11-13H2,(H2,19,21). The molecule has 1 fully saturated rings. The highest BCUT2D eigenvalue weighted by atomic mass is 16.1. The van der Waals surface area contributed by atoms with Crippen LogP contribution in [0.5, 0.6) is 0 Å². The fraction of sp³-hybridized carbons (Fsp3) is 0.278. The number of hydrogen-bond acceptors (Lipinski definition) is 2. The van der Waals surface area contributed by atoms with Gasteiger partial charge in [0.2, 0.25) is 5.91 Å². The Labute approximate surface area is 125 Å². The zero-order valence-corrected chi connectivity index (χ0v) is 12.0. The van der Waals surface area contributed by atoms with Crippen LogP contribution in [0.25, 0.3) is 0 Å². The molecule has 3 nitrogen and oxygen atoms in total. The van der Waals surface area contributed by atoms with Crippen molar-refractivity contribution < 1.29 is 4.79 Å². The number of nitrogens with one attached hydrogen (secondary N) is 1. The van der Waals surface area contributed by atoms with E-state index in [9.17, 15) is 4.79 Å². The summed E-state index contributed by atoms with van der Waals surface area (Å²) < 4.78 is 0. The van der Waals surface area contributed by atoms with Crippen molar-refractivity contribution in [2.24, 2.45) is 11.7 Å². The van der Waals surface area contributed by atoms with Gasteiger partial charge in [0.25, 0.3) is 0 Å². The molecular weight excluding hydrogens is 260 g/mol. The molecule has 2 unspecified atom stereocenters. The highest BCUT2D eigenvalue weighted by Gasteiger charge is 2.47. The molecular formula is C18H20N2O. The van der Waals surface area contributed by atoms with Gasteiger partial charge in [-0.05, 0) is 17.5 Å². The van der Waals surface area contributed by atoms with Crippen LogP contribution in [0, 0.1) is 5.92 Å². The lowest BCUT2D eigenvalue weighted by molar-refractivity contribution is -0.122. The van der Waals surface area contributed by atoms with E-state index in [4.69, 9.17) is 5.73 Å². The minimum Gasteiger partial charge on any atom is -0.369 e. The maximum atomic E-state index is 12.0. The molecule has 108 valence electrons. The molecule has 1 amide bonds. The van der Waals surface area contributed by atoms with Crippen molar-refractivity contribution >= 4 is 5.91 Å². The van der Waals surface area contributed by atoms with Crippen LogP contribution in [0.15, 0.2) is 60.7 Å². The molecule has 0 radical (unpaired) electrons. The van der Waals surface area contributed by atoms with E-state index in [1.807, 2.05) is 36.4 Å². The fourth-order valence-corrected chi connectivity index (χ4v) is 3.45. The number of carbonyl (C=O) groups excluding carboxylic acids is 1. The number of rotatable bonds is 4. The largest absolute Gasteiger partial charge is 0.369 e. The van der Waals surface area contributed by atoms with Crippen molar-refractivity contribution in [2.75, 3.05) is 13.1 Å². The summed E-state index contributed by atoms with van der Waals surface area (Å²) in [5, 5.41) is 3.36. The number of carbonyl (C=O) groups is 1. The summed E-state index contributed by atoms with van der Waals surface area (Å²) >= 11 is 0. The molecule has 0 spiro atoms. The van der Waals surface area contributed by atoms with Crippen LogP contribution in [-0.2, 0) is 16.6 Å². The summed E-state index contributed by atoms with van der Waals surface area (Å²) in [6.07, 6.45) is 0.818. The summed E-state index contributed by atoms with van der Waals surface area (Å²) in [5.74, 6) is -0.403. The fourth-order valence-electron chi connectivity index (χ4n) is 3.45. The van der Waals surface area contributed by atoms with Gasteiger partial charge in [-0.1, -0.05) is 60.7 Å². The molecule has 1 aliphatic rings. The average Bonchev–Trinajstić information content (AvgIpc) is 2.94. The van der Waals surface area contributed by atoms with Crippen molar-refractivity contribution in [3.05, 3.63) is 71.8 Å². The van der Waals surface area contributed by atoms with E-state index in [1.165, 1.54) is 11.1 Å². The van der Waals surface area contributed by atoms with Gasteiger partial charge in [-0.3, -0.25) is 4.79 Å². The molecule has 3 N–H and O–H groups in total. The number of benzene rings is 2. The average molecular weight is 280 g/mol. The second-order valence-electron chi connectivity index (χ2n) is 5.77. The number of nitrogens with two attached hydrogens (primary N) is 1.